The highest BCUT2D eigenvalue weighted by Gasteiger charge is 2.44. The molecule has 0 aliphatic carbocycles. The number of hydrogen-bond donors (Lipinski definition) is 3. The third kappa shape index (κ3) is 8.14. The molecule has 3 aromatic rings. The van der Waals surface area contributed by atoms with E-state index in [9.17, 15) is 23.6 Å². The van der Waals surface area contributed by atoms with Crippen molar-refractivity contribution in [3.05, 3.63) is 83.4 Å². The molecule has 3 N–H and O–H groups in total. The van der Waals surface area contributed by atoms with Crippen LogP contribution in [-0.2, 0) is 37.1 Å². The topological polar surface area (TPSA) is 175 Å². The highest BCUT2D eigenvalue weighted by Crippen LogP contribution is 2.35. The number of carbonyl (C=O) groups excluding carboxylic acids is 1. The summed E-state index contributed by atoms with van der Waals surface area (Å²) in [6, 6.07) is 20.2. The fraction of sp³-hybridized carbons (Fsp3) is 0.444. The van der Waals surface area contributed by atoms with Gasteiger partial charge in [-0.3, -0.25) is 5.32 Å². The number of nitrogens with zero attached hydrogens (tertiary/aromatic N) is 1. The van der Waals surface area contributed by atoms with Gasteiger partial charge in [-0.2, -0.15) is 5.26 Å². The minimum atomic E-state index is -3.91. The second-order valence-corrected chi connectivity index (χ2v) is 14.9. The third-order valence-electron chi connectivity index (χ3n) is 9.06. The Bertz CT molecular complexity index is 1800. The number of hydrogen-bond acceptors (Lipinski definition) is 12. The van der Waals surface area contributed by atoms with E-state index in [0.717, 1.165) is 11.1 Å². The standard InChI is InChI=1S/C36H41N3O10S/c1-22(2)34(50(42,43)27-11-12-31-32(16-27)48-21-47-31)38-18-30(40)29(39-36(41)49-33-20-46-35-28(33)13-14-44-35)15-23-7-9-26(10-8-23)45-19-25-6-4-3-5-24(25)17-37/h3-12,16,22,28-30,33-35,38,40H,13-15,18-21H2,1-2H3,(H,39,41)/t28-,29-,30+,33-,34?,35+/m0/s1. The van der Waals surface area contributed by atoms with Gasteiger partial charge in [0.15, 0.2) is 27.6 Å². The molecule has 3 aliphatic rings. The molecule has 14 heteroatoms. The highest BCUT2D eigenvalue weighted by atomic mass is 32.2. The molecule has 2 fully saturated rings. The molecule has 1 amide bonds. The number of amides is 1. The number of rotatable bonds is 14. The van der Waals surface area contributed by atoms with E-state index < -0.39 is 45.8 Å². The molecule has 6 rings (SSSR count). The van der Waals surface area contributed by atoms with Crippen LogP contribution in [0.25, 0.3) is 0 Å². The molecule has 3 aliphatic heterocycles. The summed E-state index contributed by atoms with van der Waals surface area (Å²) in [4.78, 5) is 13.2. The van der Waals surface area contributed by atoms with Crippen LogP contribution in [0.5, 0.6) is 17.2 Å². The highest BCUT2D eigenvalue weighted by molar-refractivity contribution is 7.92. The molecular weight excluding hydrogens is 666 g/mol. The summed E-state index contributed by atoms with van der Waals surface area (Å²) in [5, 5.41) is 25.6. The van der Waals surface area contributed by atoms with Crippen LogP contribution in [0.3, 0.4) is 0 Å². The Morgan fingerprint density at radius 1 is 1.06 bits per heavy atom. The average Bonchev–Trinajstić information content (AvgIpc) is 3.86. The minimum absolute atomic E-state index is 0.0170. The second kappa shape index (κ2) is 15.7. The summed E-state index contributed by atoms with van der Waals surface area (Å²) in [5.41, 5.74) is 2.08. The van der Waals surface area contributed by atoms with Gasteiger partial charge in [0.2, 0.25) is 6.79 Å². The smallest absolute Gasteiger partial charge is 0.407 e. The lowest BCUT2D eigenvalue weighted by Gasteiger charge is -2.29. The van der Waals surface area contributed by atoms with Crippen LogP contribution in [0.4, 0.5) is 4.79 Å². The number of alkyl carbamates (subject to hydrolysis) is 1. The molecule has 1 unspecified atom stereocenters. The van der Waals surface area contributed by atoms with Crippen molar-refractivity contribution < 1.29 is 46.7 Å². The number of sulfone groups is 1. The van der Waals surface area contributed by atoms with Crippen molar-refractivity contribution >= 4 is 15.9 Å². The minimum Gasteiger partial charge on any atom is -0.489 e. The Hall–Kier alpha value is -4.39. The maximum atomic E-state index is 13.7. The molecule has 0 radical (unpaired) electrons. The largest absolute Gasteiger partial charge is 0.489 e. The van der Waals surface area contributed by atoms with E-state index in [2.05, 4.69) is 16.7 Å². The fourth-order valence-electron chi connectivity index (χ4n) is 6.33. The zero-order valence-corrected chi connectivity index (χ0v) is 28.6. The van der Waals surface area contributed by atoms with Crippen molar-refractivity contribution in [2.24, 2.45) is 11.8 Å². The van der Waals surface area contributed by atoms with E-state index in [4.69, 9.17) is 28.4 Å². The summed E-state index contributed by atoms with van der Waals surface area (Å²) >= 11 is 0. The fourth-order valence-corrected chi connectivity index (χ4v) is 8.18. The summed E-state index contributed by atoms with van der Waals surface area (Å²) in [5.74, 6) is 0.967. The lowest BCUT2D eigenvalue weighted by atomic mass is 10.0. The Labute approximate surface area is 291 Å². The van der Waals surface area contributed by atoms with Crippen LogP contribution in [0.1, 0.15) is 37.0 Å². The number of nitrogens with one attached hydrogen (secondary N) is 2. The van der Waals surface area contributed by atoms with Crippen molar-refractivity contribution in [1.82, 2.24) is 10.6 Å². The van der Waals surface area contributed by atoms with Gasteiger partial charge in [-0.25, -0.2) is 13.2 Å². The number of fused-ring (bicyclic) bond motifs is 2. The van der Waals surface area contributed by atoms with Crippen LogP contribution in [-0.4, -0.2) is 76.1 Å². The first-order chi connectivity index (χ1) is 24.1. The summed E-state index contributed by atoms with van der Waals surface area (Å²) in [6.45, 7) is 4.37. The van der Waals surface area contributed by atoms with Gasteiger partial charge >= 0.3 is 6.09 Å². The van der Waals surface area contributed by atoms with Crippen LogP contribution in [0.2, 0.25) is 0 Å². The molecular formula is C36H41N3O10S. The van der Waals surface area contributed by atoms with Gasteiger partial charge in [0.1, 0.15) is 23.8 Å². The van der Waals surface area contributed by atoms with Gasteiger partial charge in [0, 0.05) is 18.2 Å². The van der Waals surface area contributed by atoms with Crippen molar-refractivity contribution in [2.75, 3.05) is 26.6 Å². The molecule has 0 aromatic heterocycles. The van der Waals surface area contributed by atoms with E-state index in [-0.39, 0.29) is 49.7 Å². The molecule has 50 heavy (non-hydrogen) atoms. The zero-order chi connectivity index (χ0) is 35.3. The average molecular weight is 708 g/mol. The predicted octanol–water partition coefficient (Wildman–Crippen LogP) is 3.67. The third-order valence-corrected chi connectivity index (χ3v) is 11.4. The monoisotopic (exact) mass is 707 g/mol. The molecule has 3 aromatic carbocycles. The first-order valence-corrected chi connectivity index (χ1v) is 18.1. The van der Waals surface area contributed by atoms with Crippen molar-refractivity contribution in [3.63, 3.8) is 0 Å². The SMILES string of the molecule is CC(C)C(NC[C@@H](O)[C@H](Cc1ccc(OCc2ccccc2C#N)cc1)NC(=O)O[C@H]1CO[C@H]2OCC[C@H]21)S(=O)(=O)c1ccc2c(c1)OCO2. The maximum Gasteiger partial charge on any atom is 0.407 e. The first-order valence-electron chi connectivity index (χ1n) is 16.6. The molecule has 3 heterocycles. The Balaban J connectivity index is 1.14. The molecule has 0 spiro atoms. The van der Waals surface area contributed by atoms with Gasteiger partial charge in [-0.05, 0) is 54.7 Å². The molecule has 13 nitrogen and oxygen atoms in total. The number of ether oxygens (including phenoxy) is 6. The maximum absolute atomic E-state index is 13.7. The first kappa shape index (κ1) is 35.4. The summed E-state index contributed by atoms with van der Waals surface area (Å²) in [7, 11) is -3.91. The zero-order valence-electron chi connectivity index (χ0n) is 27.8. The molecule has 266 valence electrons. The van der Waals surface area contributed by atoms with Crippen molar-refractivity contribution in [1.29, 1.82) is 5.26 Å². The molecule has 6 atom stereocenters. The molecule has 2 saturated heterocycles. The van der Waals surface area contributed by atoms with Gasteiger partial charge < -0.3 is 38.8 Å². The van der Waals surface area contributed by atoms with Gasteiger partial charge in [0.25, 0.3) is 0 Å². The van der Waals surface area contributed by atoms with Gasteiger partial charge in [0.05, 0.1) is 47.8 Å². The number of aliphatic hydroxyl groups excluding tert-OH is 1. The predicted molar refractivity (Wildman–Crippen MR) is 179 cm³/mol. The normalized spacial score (nSPS) is 21.2. The van der Waals surface area contributed by atoms with E-state index in [0.29, 0.717) is 35.8 Å². The Morgan fingerprint density at radius 2 is 1.84 bits per heavy atom. The van der Waals surface area contributed by atoms with E-state index in [1.807, 2.05) is 24.3 Å². The quantitative estimate of drug-likeness (QED) is 0.222. The van der Waals surface area contributed by atoms with Gasteiger partial charge in [-0.15, -0.1) is 0 Å². The molecule has 0 saturated carbocycles. The van der Waals surface area contributed by atoms with Crippen LogP contribution in [0.15, 0.2) is 71.6 Å². The summed E-state index contributed by atoms with van der Waals surface area (Å²) in [6.07, 6.45) is -1.90. The van der Waals surface area contributed by atoms with E-state index in [1.54, 1.807) is 44.2 Å². The van der Waals surface area contributed by atoms with Crippen LogP contribution >= 0.6 is 0 Å². The molecule has 0 bridgehead atoms. The second-order valence-electron chi connectivity index (χ2n) is 12.8. The van der Waals surface area contributed by atoms with E-state index >= 15 is 0 Å². The number of carbonyl (C=O) groups is 1. The van der Waals surface area contributed by atoms with Crippen molar-refractivity contribution in [3.8, 4) is 23.3 Å². The number of nitriles is 1. The van der Waals surface area contributed by atoms with Crippen LogP contribution < -0.4 is 24.8 Å². The number of benzene rings is 3. The lowest BCUT2D eigenvalue weighted by Crippen LogP contribution is -2.52. The Morgan fingerprint density at radius 3 is 2.62 bits per heavy atom. The Kier molecular flexibility index (Phi) is 11.1. The lowest BCUT2D eigenvalue weighted by molar-refractivity contribution is -0.0907. The van der Waals surface area contributed by atoms with Gasteiger partial charge in [-0.1, -0.05) is 44.2 Å². The van der Waals surface area contributed by atoms with Crippen LogP contribution in [0, 0.1) is 23.2 Å². The van der Waals surface area contributed by atoms with E-state index in [1.165, 1.54) is 12.1 Å². The number of aliphatic hydroxyl groups is 1. The summed E-state index contributed by atoms with van der Waals surface area (Å²) < 4.78 is 61.0. The van der Waals surface area contributed by atoms with Crippen molar-refractivity contribution in [2.45, 2.75) is 68.1 Å².